The lowest BCUT2D eigenvalue weighted by molar-refractivity contribution is 0.391. The Morgan fingerprint density at radius 2 is 1.81 bits per heavy atom. The topological polar surface area (TPSA) is 56.7 Å². The van der Waals surface area contributed by atoms with Crippen LogP contribution in [0.3, 0.4) is 0 Å². The van der Waals surface area contributed by atoms with E-state index < -0.39 is 0 Å². The summed E-state index contributed by atoms with van der Waals surface area (Å²) in [7, 11) is 0. The molecular formula is C20H17FN4OS. The summed E-state index contributed by atoms with van der Waals surface area (Å²) in [5.74, 6) is 1.88. The van der Waals surface area contributed by atoms with E-state index in [-0.39, 0.29) is 5.82 Å². The average Bonchev–Trinajstić information content (AvgIpc) is 3.28. The van der Waals surface area contributed by atoms with Gasteiger partial charge in [-0.1, -0.05) is 47.3 Å². The van der Waals surface area contributed by atoms with Gasteiger partial charge in [0.1, 0.15) is 17.4 Å². The molecular weight excluding hydrogens is 363 g/mol. The Morgan fingerprint density at radius 1 is 1.04 bits per heavy atom. The predicted octanol–water partition coefficient (Wildman–Crippen LogP) is 4.59. The lowest BCUT2D eigenvalue weighted by Gasteiger charge is -2.10. The van der Waals surface area contributed by atoms with Crippen molar-refractivity contribution in [3.8, 4) is 5.69 Å². The summed E-state index contributed by atoms with van der Waals surface area (Å²) in [4.78, 5) is 0. The predicted molar refractivity (Wildman–Crippen MR) is 101 cm³/mol. The Kier molecular flexibility index (Phi) is 5.02. The molecule has 4 rings (SSSR count). The first kappa shape index (κ1) is 17.5. The summed E-state index contributed by atoms with van der Waals surface area (Å²) < 4.78 is 20.6. The lowest BCUT2D eigenvalue weighted by atomic mass is 10.1. The molecule has 0 N–H and O–H groups in total. The summed E-state index contributed by atoms with van der Waals surface area (Å²) in [6, 6.07) is 18.3. The van der Waals surface area contributed by atoms with Crippen LogP contribution >= 0.6 is 11.8 Å². The molecule has 4 aromatic rings. The van der Waals surface area contributed by atoms with E-state index in [1.807, 2.05) is 47.9 Å². The van der Waals surface area contributed by atoms with Crippen LogP contribution in [-0.4, -0.2) is 19.9 Å². The second kappa shape index (κ2) is 7.75. The van der Waals surface area contributed by atoms with E-state index in [9.17, 15) is 4.39 Å². The van der Waals surface area contributed by atoms with Crippen LogP contribution in [0.5, 0.6) is 0 Å². The molecule has 5 nitrogen and oxygen atoms in total. The van der Waals surface area contributed by atoms with E-state index in [0.717, 1.165) is 33.7 Å². The van der Waals surface area contributed by atoms with Gasteiger partial charge in [0.15, 0.2) is 5.16 Å². The number of hydrogen-bond donors (Lipinski definition) is 0. The molecule has 0 atom stereocenters. The summed E-state index contributed by atoms with van der Waals surface area (Å²) in [6.07, 6.45) is 0.632. The third-order valence-electron chi connectivity index (χ3n) is 4.01. The third-order valence-corrected chi connectivity index (χ3v) is 4.96. The fourth-order valence-electron chi connectivity index (χ4n) is 2.76. The minimum atomic E-state index is -0.275. The molecule has 0 bridgehead atoms. The second-order valence-corrected chi connectivity index (χ2v) is 7.04. The number of aryl methyl sites for hydroxylation is 1. The zero-order valence-corrected chi connectivity index (χ0v) is 15.5. The third kappa shape index (κ3) is 4.09. The number of aromatic nitrogens is 4. The molecule has 7 heteroatoms. The quantitative estimate of drug-likeness (QED) is 0.458. The number of nitrogens with zero attached hydrogens (tertiary/aromatic N) is 4. The average molecular weight is 380 g/mol. The van der Waals surface area contributed by atoms with Gasteiger partial charge in [0.05, 0.1) is 11.4 Å². The van der Waals surface area contributed by atoms with E-state index in [1.54, 1.807) is 12.1 Å². The molecule has 0 fully saturated rings. The SMILES string of the molecule is Cc1cc(CSc2nnc(Cc3ccccc3)n2-c2ccc(F)cc2)on1. The smallest absolute Gasteiger partial charge is 0.196 e. The fraction of sp³-hybridized carbons (Fsp3) is 0.150. The van der Waals surface area contributed by atoms with E-state index in [1.165, 1.54) is 23.9 Å². The molecule has 2 aromatic heterocycles. The molecule has 0 aliphatic carbocycles. The Balaban J connectivity index is 1.66. The fourth-order valence-corrected chi connectivity index (χ4v) is 3.60. The van der Waals surface area contributed by atoms with Crippen LogP contribution in [0.25, 0.3) is 5.69 Å². The van der Waals surface area contributed by atoms with E-state index in [4.69, 9.17) is 4.52 Å². The maximum Gasteiger partial charge on any atom is 0.196 e. The van der Waals surface area contributed by atoms with Gasteiger partial charge in [0.2, 0.25) is 0 Å². The zero-order valence-electron chi connectivity index (χ0n) is 14.7. The van der Waals surface area contributed by atoms with Gasteiger partial charge < -0.3 is 4.52 Å². The Morgan fingerprint density at radius 3 is 2.52 bits per heavy atom. The van der Waals surface area contributed by atoms with Crippen molar-refractivity contribution < 1.29 is 8.91 Å². The highest BCUT2D eigenvalue weighted by atomic mass is 32.2. The number of hydrogen-bond acceptors (Lipinski definition) is 5. The highest BCUT2D eigenvalue weighted by Gasteiger charge is 2.16. The zero-order chi connectivity index (χ0) is 18.6. The molecule has 0 saturated heterocycles. The van der Waals surface area contributed by atoms with Crippen molar-refractivity contribution in [3.05, 3.63) is 89.3 Å². The van der Waals surface area contributed by atoms with Crippen molar-refractivity contribution in [2.24, 2.45) is 0 Å². The van der Waals surface area contributed by atoms with E-state index in [0.29, 0.717) is 12.2 Å². The highest BCUT2D eigenvalue weighted by Crippen LogP contribution is 2.26. The number of halogens is 1. The van der Waals surface area contributed by atoms with Gasteiger partial charge in [-0.2, -0.15) is 0 Å². The van der Waals surface area contributed by atoms with Crippen molar-refractivity contribution in [1.82, 2.24) is 19.9 Å². The van der Waals surface area contributed by atoms with Crippen LogP contribution in [0.2, 0.25) is 0 Å². The van der Waals surface area contributed by atoms with Gasteiger partial charge in [0.25, 0.3) is 0 Å². The summed E-state index contributed by atoms with van der Waals surface area (Å²) >= 11 is 1.51. The highest BCUT2D eigenvalue weighted by molar-refractivity contribution is 7.98. The molecule has 0 unspecified atom stereocenters. The van der Waals surface area contributed by atoms with Crippen molar-refractivity contribution >= 4 is 11.8 Å². The van der Waals surface area contributed by atoms with Gasteiger partial charge >= 0.3 is 0 Å². The minimum absolute atomic E-state index is 0.275. The van der Waals surface area contributed by atoms with Crippen LogP contribution in [-0.2, 0) is 12.2 Å². The van der Waals surface area contributed by atoms with Crippen LogP contribution in [0.15, 0.2) is 70.3 Å². The standard InChI is InChI=1S/C20H17FN4OS/c1-14-11-18(26-24-14)13-27-20-23-22-19(12-15-5-3-2-4-6-15)25(20)17-9-7-16(21)8-10-17/h2-11H,12-13H2,1H3. The molecule has 27 heavy (non-hydrogen) atoms. The summed E-state index contributed by atoms with van der Waals surface area (Å²) in [5, 5.41) is 13.4. The van der Waals surface area contributed by atoms with Gasteiger partial charge in [0, 0.05) is 18.2 Å². The molecule has 136 valence electrons. The van der Waals surface area contributed by atoms with E-state index >= 15 is 0 Å². The van der Waals surface area contributed by atoms with Crippen molar-refractivity contribution in [2.45, 2.75) is 24.3 Å². The monoisotopic (exact) mass is 380 g/mol. The number of benzene rings is 2. The number of thioether (sulfide) groups is 1. The molecule has 2 heterocycles. The Labute approximate surface area is 160 Å². The summed E-state index contributed by atoms with van der Waals surface area (Å²) in [5.41, 5.74) is 2.80. The second-order valence-electron chi connectivity index (χ2n) is 6.10. The van der Waals surface area contributed by atoms with E-state index in [2.05, 4.69) is 15.4 Å². The molecule has 0 saturated carbocycles. The van der Waals surface area contributed by atoms with Crippen LogP contribution in [0.4, 0.5) is 4.39 Å². The van der Waals surface area contributed by atoms with Crippen LogP contribution in [0.1, 0.15) is 22.8 Å². The van der Waals surface area contributed by atoms with Crippen molar-refractivity contribution in [1.29, 1.82) is 0 Å². The normalized spacial score (nSPS) is 11.0. The molecule has 0 amide bonds. The van der Waals surface area contributed by atoms with Gasteiger partial charge in [-0.15, -0.1) is 10.2 Å². The molecule has 0 radical (unpaired) electrons. The first-order valence-corrected chi connectivity index (χ1v) is 9.47. The Hall–Kier alpha value is -2.93. The van der Waals surface area contributed by atoms with Gasteiger partial charge in [-0.3, -0.25) is 4.57 Å². The first-order chi connectivity index (χ1) is 13.2. The van der Waals surface area contributed by atoms with Crippen LogP contribution < -0.4 is 0 Å². The number of rotatable bonds is 6. The van der Waals surface area contributed by atoms with Crippen molar-refractivity contribution in [3.63, 3.8) is 0 Å². The van der Waals surface area contributed by atoms with Gasteiger partial charge in [-0.25, -0.2) is 4.39 Å². The Bertz CT molecular complexity index is 1030. The minimum Gasteiger partial charge on any atom is -0.360 e. The largest absolute Gasteiger partial charge is 0.360 e. The van der Waals surface area contributed by atoms with Gasteiger partial charge in [-0.05, 0) is 36.8 Å². The first-order valence-electron chi connectivity index (χ1n) is 8.48. The maximum atomic E-state index is 13.4. The molecule has 0 aliphatic heterocycles. The maximum absolute atomic E-state index is 13.4. The summed E-state index contributed by atoms with van der Waals surface area (Å²) in [6.45, 7) is 1.89. The molecule has 0 aliphatic rings. The van der Waals surface area contributed by atoms with Crippen molar-refractivity contribution in [2.75, 3.05) is 0 Å². The van der Waals surface area contributed by atoms with Crippen LogP contribution in [0, 0.1) is 12.7 Å². The molecule has 0 spiro atoms. The molecule has 2 aromatic carbocycles. The lowest BCUT2D eigenvalue weighted by Crippen LogP contribution is -2.04.